The van der Waals surface area contributed by atoms with Crippen LogP contribution in [0, 0.1) is 17.1 Å². The molecule has 0 unspecified atom stereocenters. The minimum atomic E-state index is -1.78. The number of hydrogen-bond donors (Lipinski definition) is 1. The molecule has 3 heterocycles. The Morgan fingerprint density at radius 1 is 1.20 bits per heavy atom. The van der Waals surface area contributed by atoms with Crippen LogP contribution in [0.3, 0.4) is 0 Å². The molecule has 2 aliphatic rings. The van der Waals surface area contributed by atoms with Gasteiger partial charge in [-0.05, 0) is 54.3 Å². The Morgan fingerprint density at radius 2 is 1.98 bits per heavy atom. The molecule has 1 aliphatic carbocycles. The minimum Gasteiger partial charge on any atom is -0.379 e. The molecule has 6 rings (SSSR count). The number of imidazole rings is 1. The van der Waals surface area contributed by atoms with Crippen molar-refractivity contribution in [3.8, 4) is 6.07 Å². The number of aliphatic hydroxyl groups is 1. The first-order chi connectivity index (χ1) is 21.1. The fourth-order valence-corrected chi connectivity index (χ4v) is 6.31. The number of fused-ring (bicyclic) bond motifs is 1. The summed E-state index contributed by atoms with van der Waals surface area (Å²) in [7, 11) is 1.76. The van der Waals surface area contributed by atoms with Crippen molar-refractivity contribution < 1.29 is 23.8 Å². The molecule has 11 heteroatoms. The summed E-state index contributed by atoms with van der Waals surface area (Å²) in [6.45, 7) is 1.70. The van der Waals surface area contributed by atoms with E-state index in [1.54, 1.807) is 61.4 Å². The predicted molar refractivity (Wildman–Crippen MR) is 158 cm³/mol. The Hall–Kier alpha value is -4.43. The summed E-state index contributed by atoms with van der Waals surface area (Å²) in [5, 5.41) is 21.5. The zero-order valence-corrected chi connectivity index (χ0v) is 24.9. The lowest BCUT2D eigenvalue weighted by atomic mass is 9.84. The smallest absolute Gasteiger partial charge is 0.257 e. The van der Waals surface area contributed by atoms with E-state index in [0.29, 0.717) is 34.7 Å². The van der Waals surface area contributed by atoms with Gasteiger partial charge < -0.3 is 14.4 Å². The van der Waals surface area contributed by atoms with E-state index in [9.17, 15) is 20.0 Å². The molecule has 44 heavy (non-hydrogen) atoms. The summed E-state index contributed by atoms with van der Waals surface area (Å²) in [5.41, 5.74) is -1.74. The molecule has 2 aromatic carbocycles. The monoisotopic (exact) mass is 613 g/mol. The van der Waals surface area contributed by atoms with E-state index >= 15 is 4.39 Å². The van der Waals surface area contributed by atoms with Gasteiger partial charge in [-0.1, -0.05) is 36.7 Å². The molecule has 0 radical (unpaired) electrons. The van der Waals surface area contributed by atoms with Crippen LogP contribution in [0.25, 0.3) is 0 Å². The van der Waals surface area contributed by atoms with Crippen molar-refractivity contribution in [3.05, 3.63) is 117 Å². The van der Waals surface area contributed by atoms with E-state index < -0.39 is 29.2 Å². The molecule has 0 bridgehead atoms. The van der Waals surface area contributed by atoms with Gasteiger partial charge in [-0.15, -0.1) is 0 Å². The van der Waals surface area contributed by atoms with Gasteiger partial charge in [0.15, 0.2) is 0 Å². The van der Waals surface area contributed by atoms with Crippen LogP contribution in [0.1, 0.15) is 76.6 Å². The average Bonchev–Trinajstić information content (AvgIpc) is 3.71. The van der Waals surface area contributed by atoms with Crippen molar-refractivity contribution in [2.45, 2.75) is 56.6 Å². The number of pyridine rings is 1. The molecule has 4 aromatic rings. The average molecular weight is 614 g/mol. The van der Waals surface area contributed by atoms with E-state index in [2.05, 4.69) is 9.97 Å². The van der Waals surface area contributed by atoms with Crippen molar-refractivity contribution in [1.29, 1.82) is 5.26 Å². The number of aromatic nitrogens is 3. The number of benzene rings is 2. The van der Waals surface area contributed by atoms with E-state index in [1.807, 2.05) is 6.07 Å². The van der Waals surface area contributed by atoms with E-state index in [-0.39, 0.29) is 47.6 Å². The molecule has 0 saturated heterocycles. The zero-order chi connectivity index (χ0) is 31.2. The molecular formula is C33H29ClFN5O4. The third-order valence-electron chi connectivity index (χ3n) is 8.46. The van der Waals surface area contributed by atoms with Gasteiger partial charge in [0, 0.05) is 42.9 Å². The number of Topliss-reactive ketones (excluding diaryl/α,β-unsaturated/α-hetero) is 1. The third-order valence-corrected chi connectivity index (χ3v) is 8.71. The Morgan fingerprint density at radius 3 is 2.57 bits per heavy atom. The third kappa shape index (κ3) is 4.87. The van der Waals surface area contributed by atoms with Crippen LogP contribution in [0.5, 0.6) is 0 Å². The maximum atomic E-state index is 16.8. The normalized spacial score (nSPS) is 20.9. The van der Waals surface area contributed by atoms with Crippen molar-refractivity contribution in [2.75, 3.05) is 0 Å². The van der Waals surface area contributed by atoms with Gasteiger partial charge in [-0.2, -0.15) is 5.26 Å². The fourth-order valence-electron chi connectivity index (χ4n) is 6.18. The number of ketones is 1. The summed E-state index contributed by atoms with van der Waals surface area (Å²) in [6.07, 6.45) is 5.12. The lowest BCUT2D eigenvalue weighted by Crippen LogP contribution is -2.48. The number of carbonyl (C=O) groups is 2. The van der Waals surface area contributed by atoms with Crippen LogP contribution in [-0.4, -0.2) is 42.3 Å². The van der Waals surface area contributed by atoms with E-state index in [0.717, 1.165) is 0 Å². The minimum absolute atomic E-state index is 0.0173. The quantitative estimate of drug-likeness (QED) is 0.293. The van der Waals surface area contributed by atoms with Gasteiger partial charge in [-0.25, -0.2) is 14.4 Å². The number of nitriles is 1. The molecular weight excluding hydrogens is 585 g/mol. The second kappa shape index (κ2) is 11.2. The van der Waals surface area contributed by atoms with Gasteiger partial charge in [0.25, 0.3) is 5.91 Å². The second-order valence-corrected chi connectivity index (χ2v) is 11.7. The number of halogens is 2. The van der Waals surface area contributed by atoms with Crippen molar-refractivity contribution in [3.63, 3.8) is 0 Å². The molecule has 224 valence electrons. The molecule has 9 nitrogen and oxygen atoms in total. The fraction of sp³-hybridized carbons (Fsp3) is 0.303. The Labute approximate surface area is 258 Å². The van der Waals surface area contributed by atoms with Gasteiger partial charge in [0.05, 0.1) is 35.8 Å². The maximum Gasteiger partial charge on any atom is 0.257 e. The van der Waals surface area contributed by atoms with Crippen LogP contribution < -0.4 is 0 Å². The highest BCUT2D eigenvalue weighted by molar-refractivity contribution is 6.30. The SMILES string of the molecule is CC[C@](O)(c1cc(F)c2c(c1)C(=O)N(Cc1ccc(C#N)nc1)[C@@]2(O[C@H]1CCC(=O)C1)c1ccc(Cl)cc1)c1cn(C)cn1. The van der Waals surface area contributed by atoms with Crippen LogP contribution in [0.4, 0.5) is 4.39 Å². The Balaban J connectivity index is 1.58. The molecule has 1 saturated carbocycles. The molecule has 1 amide bonds. The van der Waals surface area contributed by atoms with Crippen LogP contribution >= 0.6 is 11.6 Å². The summed E-state index contributed by atoms with van der Waals surface area (Å²) in [5.74, 6) is -1.27. The van der Waals surface area contributed by atoms with Gasteiger partial charge in [0.2, 0.25) is 5.72 Å². The molecule has 3 atom stereocenters. The molecule has 1 aliphatic heterocycles. The van der Waals surface area contributed by atoms with Crippen molar-refractivity contribution in [1.82, 2.24) is 19.4 Å². The first-order valence-electron chi connectivity index (χ1n) is 14.3. The summed E-state index contributed by atoms with van der Waals surface area (Å²) in [4.78, 5) is 36.7. The number of carbonyl (C=O) groups excluding carboxylic acids is 2. The topological polar surface area (TPSA) is 121 Å². The molecule has 1 N–H and O–H groups in total. The summed E-state index contributed by atoms with van der Waals surface area (Å²) >= 11 is 6.24. The molecule has 2 aromatic heterocycles. The number of ether oxygens (including phenoxy) is 1. The van der Waals surface area contributed by atoms with Crippen LogP contribution in [0.15, 0.2) is 67.3 Å². The number of amides is 1. The lowest BCUT2D eigenvalue weighted by molar-refractivity contribution is -0.148. The number of nitrogens with zero attached hydrogens (tertiary/aromatic N) is 5. The first-order valence-corrected chi connectivity index (χ1v) is 14.6. The standard InChI is InChI=1S/C33H29ClFN5O4/c1-3-32(43,29-18-39(2)19-38-29)22-12-27-30(28(35)13-22)33(21-5-7-23(34)8-6-21,44-26-11-10-25(41)14-26)40(31(27)42)17-20-4-9-24(15-36)37-16-20/h4-9,12-13,16,18-19,26,43H,3,10-11,14,17H2,1-2H3/t26-,32-,33+/m0/s1. The first kappa shape index (κ1) is 29.6. The summed E-state index contributed by atoms with van der Waals surface area (Å²) < 4.78 is 25.2. The number of hydrogen-bond acceptors (Lipinski definition) is 7. The van der Waals surface area contributed by atoms with Crippen molar-refractivity contribution in [2.24, 2.45) is 7.05 Å². The zero-order valence-electron chi connectivity index (χ0n) is 24.1. The molecule has 0 spiro atoms. The highest BCUT2D eigenvalue weighted by atomic mass is 35.5. The Kier molecular flexibility index (Phi) is 7.58. The van der Waals surface area contributed by atoms with E-state index in [1.165, 1.54) is 29.3 Å². The predicted octanol–water partition coefficient (Wildman–Crippen LogP) is 5.12. The van der Waals surface area contributed by atoms with Crippen LogP contribution in [0.2, 0.25) is 5.02 Å². The Bertz CT molecular complexity index is 1800. The van der Waals surface area contributed by atoms with Gasteiger partial charge >= 0.3 is 0 Å². The summed E-state index contributed by atoms with van der Waals surface area (Å²) in [6, 6.07) is 14.5. The number of aryl methyl sites for hydroxylation is 1. The number of rotatable bonds is 8. The van der Waals surface area contributed by atoms with E-state index in [4.69, 9.17) is 16.3 Å². The molecule has 1 fully saturated rings. The van der Waals surface area contributed by atoms with Crippen LogP contribution in [-0.2, 0) is 34.4 Å². The van der Waals surface area contributed by atoms with Gasteiger partial charge in [-0.3, -0.25) is 14.5 Å². The maximum absolute atomic E-state index is 16.8. The van der Waals surface area contributed by atoms with Gasteiger partial charge in [0.1, 0.15) is 29.0 Å². The van der Waals surface area contributed by atoms with Crippen molar-refractivity contribution >= 4 is 23.3 Å². The highest BCUT2D eigenvalue weighted by Crippen LogP contribution is 2.50. The second-order valence-electron chi connectivity index (χ2n) is 11.2. The lowest BCUT2D eigenvalue weighted by Gasteiger charge is -2.41. The largest absolute Gasteiger partial charge is 0.379 e. The highest BCUT2D eigenvalue weighted by Gasteiger charge is 2.56.